The number of urea groups is 1. The molecule has 3 rings (SSSR count). The van der Waals surface area contributed by atoms with Crippen molar-refractivity contribution in [3.63, 3.8) is 0 Å². The minimum absolute atomic E-state index is 0.146. The fourth-order valence-corrected chi connectivity index (χ4v) is 2.88. The predicted octanol–water partition coefficient (Wildman–Crippen LogP) is 3.75. The largest absolute Gasteiger partial charge is 0.339 e. The summed E-state index contributed by atoms with van der Waals surface area (Å²) in [4.78, 5) is 16.2. The fraction of sp³-hybridized carbons (Fsp3) is 0.471. The van der Waals surface area contributed by atoms with Crippen molar-refractivity contribution in [1.82, 2.24) is 15.5 Å². The van der Waals surface area contributed by atoms with E-state index < -0.39 is 0 Å². The van der Waals surface area contributed by atoms with Crippen LogP contribution in [0.15, 0.2) is 28.8 Å². The molecule has 2 amide bonds. The summed E-state index contributed by atoms with van der Waals surface area (Å²) < 4.78 is 4.96. The van der Waals surface area contributed by atoms with Crippen molar-refractivity contribution in [1.29, 1.82) is 0 Å². The van der Waals surface area contributed by atoms with Gasteiger partial charge in [0.15, 0.2) is 0 Å². The van der Waals surface area contributed by atoms with Crippen LogP contribution in [0, 0.1) is 12.8 Å². The van der Waals surface area contributed by atoms with Gasteiger partial charge < -0.3 is 15.2 Å². The van der Waals surface area contributed by atoms with E-state index in [9.17, 15) is 4.79 Å². The third-order valence-electron chi connectivity index (χ3n) is 4.28. The molecule has 2 N–H and O–H groups in total. The number of nitrogens with one attached hydrogen (secondary N) is 2. The van der Waals surface area contributed by atoms with Crippen LogP contribution in [-0.4, -0.2) is 22.2 Å². The van der Waals surface area contributed by atoms with Gasteiger partial charge in [-0.2, -0.15) is 4.98 Å². The van der Waals surface area contributed by atoms with Gasteiger partial charge in [0.1, 0.15) is 0 Å². The van der Waals surface area contributed by atoms with Gasteiger partial charge in [-0.1, -0.05) is 12.1 Å². The zero-order chi connectivity index (χ0) is 16.2. The fourth-order valence-electron chi connectivity index (χ4n) is 2.88. The first kappa shape index (κ1) is 15.5. The molecule has 1 aromatic carbocycles. The summed E-state index contributed by atoms with van der Waals surface area (Å²) in [6.07, 6.45) is 4.49. The number of benzene rings is 1. The predicted molar refractivity (Wildman–Crippen MR) is 88.0 cm³/mol. The third kappa shape index (κ3) is 4.09. The summed E-state index contributed by atoms with van der Waals surface area (Å²) in [6, 6.07) is 7.54. The Kier molecular flexibility index (Phi) is 4.60. The monoisotopic (exact) mass is 314 g/mol. The van der Waals surface area contributed by atoms with Gasteiger partial charge in [-0.3, -0.25) is 0 Å². The number of hydrogen-bond donors (Lipinski definition) is 2. The van der Waals surface area contributed by atoms with Gasteiger partial charge >= 0.3 is 6.03 Å². The molecule has 6 nitrogen and oxygen atoms in total. The summed E-state index contributed by atoms with van der Waals surface area (Å²) in [5.41, 5.74) is 1.60. The number of carbonyl (C=O) groups excluding carboxylic acids is 1. The lowest BCUT2D eigenvalue weighted by Crippen LogP contribution is -2.39. The Balaban J connectivity index is 1.54. The number of anilines is 1. The Morgan fingerprint density at radius 1 is 1.17 bits per heavy atom. The molecule has 0 saturated heterocycles. The van der Waals surface area contributed by atoms with Crippen LogP contribution in [0.25, 0.3) is 11.4 Å². The minimum Gasteiger partial charge on any atom is -0.339 e. The van der Waals surface area contributed by atoms with Crippen molar-refractivity contribution in [3.8, 4) is 11.4 Å². The molecule has 0 atom stereocenters. The highest BCUT2D eigenvalue weighted by molar-refractivity contribution is 5.89. The van der Waals surface area contributed by atoms with Crippen molar-refractivity contribution >= 4 is 11.7 Å². The van der Waals surface area contributed by atoms with Crippen LogP contribution in [0.3, 0.4) is 0 Å². The van der Waals surface area contributed by atoms with Gasteiger partial charge in [0.2, 0.25) is 11.7 Å². The maximum atomic E-state index is 12.1. The van der Waals surface area contributed by atoms with Crippen LogP contribution in [0.5, 0.6) is 0 Å². The molecular weight excluding hydrogens is 292 g/mol. The first-order valence-electron chi connectivity index (χ1n) is 8.08. The van der Waals surface area contributed by atoms with E-state index in [-0.39, 0.29) is 12.1 Å². The number of hydrogen-bond acceptors (Lipinski definition) is 4. The smallest absolute Gasteiger partial charge is 0.319 e. The van der Waals surface area contributed by atoms with Gasteiger partial charge in [0.05, 0.1) is 0 Å². The van der Waals surface area contributed by atoms with E-state index >= 15 is 0 Å². The highest BCUT2D eigenvalue weighted by atomic mass is 16.5. The second-order valence-electron chi connectivity index (χ2n) is 6.27. The Bertz CT molecular complexity index is 657. The van der Waals surface area contributed by atoms with Crippen LogP contribution in [0.1, 0.15) is 38.5 Å². The number of rotatable bonds is 3. The van der Waals surface area contributed by atoms with E-state index in [1.165, 1.54) is 12.8 Å². The molecule has 1 saturated carbocycles. The molecule has 1 fully saturated rings. The second-order valence-corrected chi connectivity index (χ2v) is 6.27. The maximum absolute atomic E-state index is 12.1. The molecule has 1 aromatic heterocycles. The summed E-state index contributed by atoms with van der Waals surface area (Å²) in [5.74, 6) is 1.86. The van der Waals surface area contributed by atoms with E-state index in [1.807, 2.05) is 24.3 Å². The summed E-state index contributed by atoms with van der Waals surface area (Å²) in [5, 5.41) is 9.79. The molecule has 0 bridgehead atoms. The normalized spacial score (nSPS) is 21.0. The molecule has 2 aromatic rings. The summed E-state index contributed by atoms with van der Waals surface area (Å²) in [7, 11) is 0. The van der Waals surface area contributed by atoms with Crippen molar-refractivity contribution in [2.45, 2.75) is 45.6 Å². The third-order valence-corrected chi connectivity index (χ3v) is 4.28. The number of carbonyl (C=O) groups is 1. The lowest BCUT2D eigenvalue weighted by molar-refractivity contribution is 0.239. The first-order valence-corrected chi connectivity index (χ1v) is 8.08. The number of aryl methyl sites for hydroxylation is 1. The maximum Gasteiger partial charge on any atom is 0.319 e. The van der Waals surface area contributed by atoms with E-state index in [0.29, 0.717) is 11.7 Å². The van der Waals surface area contributed by atoms with Gasteiger partial charge in [0.25, 0.3) is 0 Å². The zero-order valence-corrected chi connectivity index (χ0v) is 13.5. The molecule has 1 heterocycles. The minimum atomic E-state index is -0.146. The highest BCUT2D eigenvalue weighted by Crippen LogP contribution is 2.23. The number of nitrogens with zero attached hydrogens (tertiary/aromatic N) is 2. The average molecular weight is 314 g/mol. The van der Waals surface area contributed by atoms with E-state index in [1.54, 1.807) is 6.92 Å². The van der Waals surface area contributed by atoms with Crippen LogP contribution in [0.4, 0.5) is 10.5 Å². The average Bonchev–Trinajstić information content (AvgIpc) is 2.97. The van der Waals surface area contributed by atoms with Crippen molar-refractivity contribution in [2.24, 2.45) is 5.92 Å². The lowest BCUT2D eigenvalue weighted by Gasteiger charge is -2.26. The summed E-state index contributed by atoms with van der Waals surface area (Å²) >= 11 is 0. The van der Waals surface area contributed by atoms with Gasteiger partial charge in [0, 0.05) is 24.2 Å². The molecule has 0 radical (unpaired) electrons. The Morgan fingerprint density at radius 2 is 1.87 bits per heavy atom. The van der Waals surface area contributed by atoms with E-state index in [2.05, 4.69) is 27.7 Å². The van der Waals surface area contributed by atoms with Crippen LogP contribution in [-0.2, 0) is 0 Å². The SMILES string of the molecule is Cc1nc(-c2ccc(NC(=O)NC3CCC(C)CC3)cc2)no1. The molecule has 0 spiro atoms. The molecule has 23 heavy (non-hydrogen) atoms. The lowest BCUT2D eigenvalue weighted by atomic mass is 9.87. The van der Waals surface area contributed by atoms with Gasteiger partial charge in [-0.05, 0) is 55.9 Å². The first-order chi connectivity index (χ1) is 11.1. The molecule has 0 aliphatic heterocycles. The quantitative estimate of drug-likeness (QED) is 0.904. The van der Waals surface area contributed by atoms with E-state index in [4.69, 9.17) is 4.52 Å². The molecule has 1 aliphatic rings. The number of aromatic nitrogens is 2. The standard InChI is InChI=1S/C17H22N4O2/c1-11-3-7-14(8-4-11)19-17(22)20-15-9-5-13(6-10-15)16-18-12(2)23-21-16/h5-6,9-11,14H,3-4,7-8H2,1-2H3,(H2,19,20,22). The Hall–Kier alpha value is -2.37. The van der Waals surface area contributed by atoms with Gasteiger partial charge in [-0.25, -0.2) is 4.79 Å². The van der Waals surface area contributed by atoms with Gasteiger partial charge in [-0.15, -0.1) is 0 Å². The number of amides is 2. The van der Waals surface area contributed by atoms with Crippen LogP contribution < -0.4 is 10.6 Å². The van der Waals surface area contributed by atoms with Crippen molar-refractivity contribution < 1.29 is 9.32 Å². The van der Waals surface area contributed by atoms with E-state index in [0.717, 1.165) is 30.0 Å². The summed E-state index contributed by atoms with van der Waals surface area (Å²) in [6.45, 7) is 4.02. The molecule has 6 heteroatoms. The van der Waals surface area contributed by atoms with Crippen molar-refractivity contribution in [2.75, 3.05) is 5.32 Å². The van der Waals surface area contributed by atoms with Crippen LogP contribution >= 0.6 is 0 Å². The molecule has 1 aliphatic carbocycles. The van der Waals surface area contributed by atoms with Crippen molar-refractivity contribution in [3.05, 3.63) is 30.2 Å². The topological polar surface area (TPSA) is 80.0 Å². The molecular formula is C17H22N4O2. The Labute approximate surface area is 135 Å². The Morgan fingerprint density at radius 3 is 2.48 bits per heavy atom. The zero-order valence-electron chi connectivity index (χ0n) is 13.5. The molecule has 122 valence electrons. The van der Waals surface area contributed by atoms with Crippen LogP contribution in [0.2, 0.25) is 0 Å². The highest BCUT2D eigenvalue weighted by Gasteiger charge is 2.19. The molecule has 0 unspecified atom stereocenters. The second kappa shape index (κ2) is 6.81.